The first kappa shape index (κ1) is 21.7. The van der Waals surface area contributed by atoms with Crippen molar-refractivity contribution in [1.29, 1.82) is 0 Å². The molecule has 0 aromatic heterocycles. The Kier molecular flexibility index (Phi) is 5.26. The van der Waals surface area contributed by atoms with Crippen molar-refractivity contribution in [2.45, 2.75) is 50.3 Å². The first-order chi connectivity index (χ1) is 15.3. The van der Waals surface area contributed by atoms with Gasteiger partial charge in [-0.2, -0.15) is 11.8 Å². The van der Waals surface area contributed by atoms with Gasteiger partial charge in [0.2, 0.25) is 6.29 Å². The fourth-order valence-corrected chi connectivity index (χ4v) is 7.69. The highest BCUT2D eigenvalue weighted by atomic mass is 32.2. The third-order valence-corrected chi connectivity index (χ3v) is 8.64. The molecule has 9 heteroatoms. The van der Waals surface area contributed by atoms with E-state index >= 15 is 0 Å². The number of hydrogen-bond acceptors (Lipinski definition) is 9. The summed E-state index contributed by atoms with van der Waals surface area (Å²) >= 11 is 1.75. The summed E-state index contributed by atoms with van der Waals surface area (Å²) in [5.74, 6) is 0.113. The Balaban J connectivity index is 1.53. The normalized spacial score (nSPS) is 38.8. The van der Waals surface area contributed by atoms with Gasteiger partial charge in [-0.3, -0.25) is 9.59 Å². The molecule has 0 amide bonds. The number of thioether (sulfide) groups is 1. The zero-order valence-electron chi connectivity index (χ0n) is 18.2. The molecule has 1 aromatic rings. The van der Waals surface area contributed by atoms with E-state index in [0.29, 0.717) is 5.56 Å². The summed E-state index contributed by atoms with van der Waals surface area (Å²) in [6.45, 7) is 2.94. The number of fused-ring (bicyclic) bond motifs is 2. The van der Waals surface area contributed by atoms with Gasteiger partial charge in [0.25, 0.3) is 0 Å². The lowest BCUT2D eigenvalue weighted by Crippen LogP contribution is -2.62. The van der Waals surface area contributed by atoms with E-state index in [-0.39, 0.29) is 42.6 Å². The molecule has 0 N–H and O–H groups in total. The van der Waals surface area contributed by atoms with Crippen molar-refractivity contribution in [3.05, 3.63) is 35.4 Å². The van der Waals surface area contributed by atoms with E-state index < -0.39 is 23.3 Å². The number of carbonyl (C=O) groups is 3. The van der Waals surface area contributed by atoms with E-state index in [1.807, 2.05) is 12.1 Å². The molecule has 0 aliphatic carbocycles. The second-order valence-electron chi connectivity index (χ2n) is 8.97. The van der Waals surface area contributed by atoms with Crippen molar-refractivity contribution in [2.75, 3.05) is 25.2 Å². The van der Waals surface area contributed by atoms with Gasteiger partial charge >= 0.3 is 17.9 Å². The van der Waals surface area contributed by atoms with Gasteiger partial charge < -0.3 is 23.7 Å². The van der Waals surface area contributed by atoms with Gasteiger partial charge in [-0.1, -0.05) is 12.1 Å². The van der Waals surface area contributed by atoms with Crippen molar-refractivity contribution in [3.63, 3.8) is 0 Å². The van der Waals surface area contributed by atoms with Crippen LogP contribution in [0, 0.1) is 11.3 Å². The van der Waals surface area contributed by atoms with Gasteiger partial charge in [0.1, 0.15) is 6.61 Å². The molecule has 7 atom stereocenters. The summed E-state index contributed by atoms with van der Waals surface area (Å²) in [4.78, 5) is 35.4. The van der Waals surface area contributed by atoms with E-state index in [4.69, 9.17) is 23.7 Å². The minimum atomic E-state index is -0.754. The van der Waals surface area contributed by atoms with Crippen LogP contribution in [0.2, 0.25) is 0 Å². The SMILES string of the molecule is COC(=O)c1ccc([C@H]2C[C@@]34CSC[C@H]5O[C@@H](OC(C)=O)[C@@H]([C@H]2O3)[C@]54COC(C)=O)cc1. The standard InChI is InChI=1S/C23H26O8S/c1-12(24)28-10-23-17-9-32-11-22(23)8-16(14-4-6-15(7-5-14)20(26)27-3)19(31-22)18(23)21(30-17)29-13(2)25/h4-7,16-19,21H,8-11H2,1-3H3/t16-,17-,18-,19+,21-,22+,23+/m1/s1. The average molecular weight is 463 g/mol. The lowest BCUT2D eigenvalue weighted by molar-refractivity contribution is -0.187. The largest absolute Gasteiger partial charge is 0.465 e. The van der Waals surface area contributed by atoms with Gasteiger partial charge in [0.15, 0.2) is 0 Å². The van der Waals surface area contributed by atoms with Crippen LogP contribution in [0.3, 0.4) is 0 Å². The molecule has 4 fully saturated rings. The van der Waals surface area contributed by atoms with Gasteiger partial charge in [-0.05, 0) is 24.1 Å². The molecule has 32 heavy (non-hydrogen) atoms. The van der Waals surface area contributed by atoms with Gasteiger partial charge in [0.05, 0.1) is 41.8 Å². The number of methoxy groups -OCH3 is 1. The summed E-state index contributed by atoms with van der Waals surface area (Å²) in [5.41, 5.74) is 0.419. The van der Waals surface area contributed by atoms with Crippen molar-refractivity contribution < 1.29 is 38.1 Å². The molecule has 8 nitrogen and oxygen atoms in total. The van der Waals surface area contributed by atoms with Crippen LogP contribution in [-0.2, 0) is 33.3 Å². The molecule has 172 valence electrons. The molecule has 0 saturated carbocycles. The summed E-state index contributed by atoms with van der Waals surface area (Å²) in [7, 11) is 1.36. The Morgan fingerprint density at radius 3 is 2.56 bits per heavy atom. The summed E-state index contributed by atoms with van der Waals surface area (Å²) in [6.07, 6.45) is -0.506. The lowest BCUT2D eigenvalue weighted by atomic mass is 9.55. The molecular weight excluding hydrogens is 436 g/mol. The minimum absolute atomic E-state index is 0.0382. The molecule has 0 radical (unpaired) electrons. The molecule has 1 spiro atoms. The highest BCUT2D eigenvalue weighted by molar-refractivity contribution is 7.99. The maximum Gasteiger partial charge on any atom is 0.337 e. The third kappa shape index (κ3) is 3.01. The monoisotopic (exact) mass is 462 g/mol. The summed E-state index contributed by atoms with van der Waals surface area (Å²) < 4.78 is 29.0. The maximum atomic E-state index is 11.9. The lowest BCUT2D eigenvalue weighted by Gasteiger charge is -2.50. The second-order valence-corrected chi connectivity index (χ2v) is 10.00. The van der Waals surface area contributed by atoms with Crippen LogP contribution in [0.25, 0.3) is 0 Å². The smallest absolute Gasteiger partial charge is 0.337 e. The minimum Gasteiger partial charge on any atom is -0.465 e. The molecule has 0 unspecified atom stereocenters. The fraction of sp³-hybridized carbons (Fsp3) is 0.609. The van der Waals surface area contributed by atoms with Gasteiger partial charge in [0, 0.05) is 31.3 Å². The van der Waals surface area contributed by atoms with Crippen molar-refractivity contribution in [3.8, 4) is 0 Å². The molecule has 4 heterocycles. The van der Waals surface area contributed by atoms with E-state index in [9.17, 15) is 14.4 Å². The molecular formula is C23H26O8S. The van der Waals surface area contributed by atoms with Crippen molar-refractivity contribution in [2.24, 2.45) is 11.3 Å². The first-order valence-corrected chi connectivity index (χ1v) is 11.9. The van der Waals surface area contributed by atoms with Crippen LogP contribution in [0.4, 0.5) is 0 Å². The zero-order chi connectivity index (χ0) is 22.7. The van der Waals surface area contributed by atoms with Gasteiger partial charge in [-0.15, -0.1) is 0 Å². The fourth-order valence-electron chi connectivity index (χ4n) is 6.20. The van der Waals surface area contributed by atoms with E-state index in [1.54, 1.807) is 23.9 Å². The Labute approximate surface area is 190 Å². The molecule has 4 aliphatic heterocycles. The quantitative estimate of drug-likeness (QED) is 0.482. The predicted molar refractivity (Wildman–Crippen MR) is 113 cm³/mol. The van der Waals surface area contributed by atoms with Crippen LogP contribution in [-0.4, -0.2) is 67.2 Å². The van der Waals surface area contributed by atoms with Crippen LogP contribution < -0.4 is 0 Å². The predicted octanol–water partition coefficient (Wildman–Crippen LogP) is 2.30. The number of carbonyl (C=O) groups excluding carboxylic acids is 3. The zero-order valence-corrected chi connectivity index (χ0v) is 19.0. The summed E-state index contributed by atoms with van der Waals surface area (Å²) in [6, 6.07) is 7.36. The Bertz CT molecular complexity index is 948. The van der Waals surface area contributed by atoms with Crippen LogP contribution in [0.1, 0.15) is 42.1 Å². The highest BCUT2D eigenvalue weighted by Gasteiger charge is 2.80. The van der Waals surface area contributed by atoms with E-state index in [0.717, 1.165) is 23.5 Å². The second kappa shape index (κ2) is 7.74. The third-order valence-electron chi connectivity index (χ3n) is 7.43. The Hall–Kier alpha value is -2.10. The number of esters is 3. The Morgan fingerprint density at radius 1 is 1.16 bits per heavy atom. The topological polar surface area (TPSA) is 97.4 Å². The number of rotatable bonds is 5. The summed E-state index contributed by atoms with van der Waals surface area (Å²) in [5, 5.41) is 0. The molecule has 2 bridgehead atoms. The van der Waals surface area contributed by atoms with E-state index in [1.165, 1.54) is 21.0 Å². The number of ether oxygens (including phenoxy) is 5. The van der Waals surface area contributed by atoms with Crippen LogP contribution in [0.15, 0.2) is 24.3 Å². The van der Waals surface area contributed by atoms with Gasteiger partial charge in [-0.25, -0.2) is 4.79 Å². The Morgan fingerprint density at radius 2 is 1.91 bits per heavy atom. The van der Waals surface area contributed by atoms with E-state index in [2.05, 4.69) is 0 Å². The average Bonchev–Trinajstić information content (AvgIpc) is 3.39. The highest BCUT2D eigenvalue weighted by Crippen LogP contribution is 2.71. The van der Waals surface area contributed by atoms with Crippen LogP contribution in [0.5, 0.6) is 0 Å². The molecule has 4 aliphatic rings. The molecule has 5 rings (SSSR count). The molecule has 4 saturated heterocycles. The van der Waals surface area contributed by atoms with Crippen molar-refractivity contribution >= 4 is 29.7 Å². The first-order valence-electron chi connectivity index (χ1n) is 10.7. The van der Waals surface area contributed by atoms with Crippen LogP contribution >= 0.6 is 11.8 Å². The maximum absolute atomic E-state index is 11.9. The molecule has 1 aromatic carbocycles. The number of benzene rings is 1. The van der Waals surface area contributed by atoms with Crippen molar-refractivity contribution in [1.82, 2.24) is 0 Å². The number of hydrogen-bond donors (Lipinski definition) is 0.